The maximum absolute atomic E-state index is 14.2. The van der Waals surface area contributed by atoms with E-state index in [1.165, 1.54) is 48.7 Å². The van der Waals surface area contributed by atoms with Crippen LogP contribution in [0.1, 0.15) is 15.9 Å². The van der Waals surface area contributed by atoms with E-state index in [9.17, 15) is 22.4 Å². The topological polar surface area (TPSA) is 131 Å². The van der Waals surface area contributed by atoms with Crippen molar-refractivity contribution in [3.05, 3.63) is 81.0 Å². The van der Waals surface area contributed by atoms with Crippen LogP contribution in [0.2, 0.25) is 5.02 Å². The van der Waals surface area contributed by atoms with Gasteiger partial charge in [0.25, 0.3) is 5.56 Å². The van der Waals surface area contributed by atoms with Crippen molar-refractivity contribution in [2.24, 2.45) is 5.14 Å². The molecule has 0 amide bonds. The molecule has 11 heteroatoms. The average Bonchev–Trinajstić information content (AvgIpc) is 2.64. The SMILES string of the molecule is NS(=O)(=O)C(Cc1cccc(Cl)c1F)Nc1ccc2ccc(C(=O)O)c(=O)n2c1. The first-order chi connectivity index (χ1) is 13.6. The number of rotatable bonds is 6. The number of carbonyl (C=O) groups is 1. The lowest BCUT2D eigenvalue weighted by Gasteiger charge is -2.19. The van der Waals surface area contributed by atoms with Crippen LogP contribution >= 0.6 is 11.6 Å². The zero-order chi connectivity index (χ0) is 21.3. The molecule has 0 saturated heterocycles. The van der Waals surface area contributed by atoms with Crippen molar-refractivity contribution in [3.8, 4) is 0 Å². The number of pyridine rings is 2. The number of hydrogen-bond acceptors (Lipinski definition) is 5. The molecule has 4 N–H and O–H groups in total. The number of fused-ring (bicyclic) bond motifs is 1. The van der Waals surface area contributed by atoms with E-state index in [2.05, 4.69) is 5.32 Å². The Hall–Kier alpha value is -2.95. The fourth-order valence-electron chi connectivity index (χ4n) is 2.78. The molecule has 8 nitrogen and oxygen atoms in total. The molecule has 1 unspecified atom stereocenters. The van der Waals surface area contributed by atoms with Crippen LogP contribution in [0.3, 0.4) is 0 Å². The Morgan fingerprint density at radius 1 is 1.24 bits per heavy atom. The molecule has 152 valence electrons. The van der Waals surface area contributed by atoms with Crippen molar-refractivity contribution in [2.45, 2.75) is 11.8 Å². The molecule has 29 heavy (non-hydrogen) atoms. The van der Waals surface area contributed by atoms with Crippen LogP contribution in [0.25, 0.3) is 5.52 Å². The van der Waals surface area contributed by atoms with Gasteiger partial charge in [-0.15, -0.1) is 0 Å². The highest BCUT2D eigenvalue weighted by atomic mass is 35.5. The number of nitrogens with zero attached hydrogens (tertiary/aromatic N) is 1. The summed E-state index contributed by atoms with van der Waals surface area (Å²) in [5.41, 5.74) is -0.618. The Balaban J connectivity index is 2.01. The zero-order valence-electron chi connectivity index (χ0n) is 14.7. The van der Waals surface area contributed by atoms with E-state index in [0.717, 1.165) is 4.40 Å². The number of aromatic carboxylic acids is 1. The number of sulfonamides is 1. The Bertz CT molecular complexity index is 1280. The molecule has 2 aromatic heterocycles. The molecule has 0 saturated carbocycles. The summed E-state index contributed by atoms with van der Waals surface area (Å²) in [6, 6.07) is 9.79. The summed E-state index contributed by atoms with van der Waals surface area (Å²) in [5.74, 6) is -2.15. The third kappa shape index (κ3) is 4.39. The fraction of sp³-hybridized carbons (Fsp3) is 0.111. The van der Waals surface area contributed by atoms with Gasteiger partial charge >= 0.3 is 5.97 Å². The van der Waals surface area contributed by atoms with Crippen LogP contribution in [0.4, 0.5) is 10.1 Å². The smallest absolute Gasteiger partial charge is 0.341 e. The first-order valence-corrected chi connectivity index (χ1v) is 10.2. The number of aromatic nitrogens is 1. The normalized spacial score (nSPS) is 12.7. The van der Waals surface area contributed by atoms with Crippen LogP contribution < -0.4 is 16.0 Å². The lowest BCUT2D eigenvalue weighted by Crippen LogP contribution is -2.37. The van der Waals surface area contributed by atoms with E-state index < -0.39 is 38.3 Å². The van der Waals surface area contributed by atoms with Crippen LogP contribution in [0.15, 0.2) is 53.5 Å². The highest BCUT2D eigenvalue weighted by molar-refractivity contribution is 7.89. The number of halogens is 2. The van der Waals surface area contributed by atoms with Gasteiger partial charge in [-0.1, -0.05) is 23.7 Å². The van der Waals surface area contributed by atoms with Gasteiger partial charge in [0.15, 0.2) is 0 Å². The van der Waals surface area contributed by atoms with E-state index in [0.29, 0.717) is 5.52 Å². The maximum Gasteiger partial charge on any atom is 0.341 e. The molecular weight excluding hydrogens is 425 g/mol. The largest absolute Gasteiger partial charge is 0.477 e. The number of benzene rings is 1. The third-order valence-electron chi connectivity index (χ3n) is 4.24. The minimum absolute atomic E-state index is 0.0372. The number of nitrogens with two attached hydrogens (primary N) is 1. The number of anilines is 1. The molecular formula is C18H15ClFN3O5S. The van der Waals surface area contributed by atoms with Crippen LogP contribution in [0.5, 0.6) is 0 Å². The second-order valence-corrected chi connectivity index (χ2v) is 8.36. The first-order valence-electron chi connectivity index (χ1n) is 8.17. The van der Waals surface area contributed by atoms with Gasteiger partial charge in [0.2, 0.25) is 10.0 Å². The summed E-state index contributed by atoms with van der Waals surface area (Å²) in [4.78, 5) is 23.5. The molecule has 0 bridgehead atoms. The average molecular weight is 440 g/mol. The number of carboxylic acid groups (broad SMARTS) is 1. The number of carboxylic acids is 1. The highest BCUT2D eigenvalue weighted by Gasteiger charge is 2.24. The Labute approximate surface area is 169 Å². The number of primary sulfonamides is 1. The summed E-state index contributed by atoms with van der Waals surface area (Å²) < 4.78 is 39.3. The first kappa shape index (κ1) is 20.8. The van der Waals surface area contributed by atoms with E-state index in [1.807, 2.05) is 0 Å². The van der Waals surface area contributed by atoms with Gasteiger partial charge < -0.3 is 10.4 Å². The minimum atomic E-state index is -4.18. The minimum Gasteiger partial charge on any atom is -0.477 e. The van der Waals surface area contributed by atoms with Gasteiger partial charge in [-0.3, -0.25) is 9.20 Å². The Kier molecular flexibility index (Phi) is 5.60. The lowest BCUT2D eigenvalue weighted by molar-refractivity contribution is 0.0694. The van der Waals surface area contributed by atoms with Crippen LogP contribution in [-0.2, 0) is 16.4 Å². The van der Waals surface area contributed by atoms with Gasteiger partial charge in [0.1, 0.15) is 16.8 Å². The summed E-state index contributed by atoms with van der Waals surface area (Å²) in [6.45, 7) is 0. The molecule has 0 aliphatic heterocycles. The number of nitrogens with one attached hydrogen (secondary N) is 1. The summed E-state index contributed by atoms with van der Waals surface area (Å²) in [6.07, 6.45) is 0.921. The predicted octanol–water partition coefficient (Wildman–Crippen LogP) is 2.06. The molecule has 0 radical (unpaired) electrons. The fourth-order valence-corrected chi connectivity index (χ4v) is 3.69. The van der Waals surface area contributed by atoms with E-state index in [4.69, 9.17) is 21.8 Å². The van der Waals surface area contributed by atoms with Crippen LogP contribution in [-0.4, -0.2) is 29.3 Å². The molecule has 0 spiro atoms. The second kappa shape index (κ2) is 7.82. The molecule has 0 aliphatic rings. The van der Waals surface area contributed by atoms with Crippen molar-refractivity contribution in [3.63, 3.8) is 0 Å². The summed E-state index contributed by atoms with van der Waals surface area (Å²) >= 11 is 5.73. The Morgan fingerprint density at radius 2 is 1.93 bits per heavy atom. The predicted molar refractivity (Wildman–Crippen MR) is 106 cm³/mol. The molecule has 2 heterocycles. The van der Waals surface area contributed by atoms with E-state index in [1.54, 1.807) is 0 Å². The number of hydrogen-bond donors (Lipinski definition) is 3. The lowest BCUT2D eigenvalue weighted by atomic mass is 10.1. The van der Waals surface area contributed by atoms with Crippen molar-refractivity contribution in [1.29, 1.82) is 0 Å². The molecule has 3 rings (SSSR count). The van der Waals surface area contributed by atoms with E-state index in [-0.39, 0.29) is 22.7 Å². The Morgan fingerprint density at radius 3 is 2.59 bits per heavy atom. The van der Waals surface area contributed by atoms with Gasteiger partial charge in [0.05, 0.1) is 10.7 Å². The van der Waals surface area contributed by atoms with Crippen molar-refractivity contribution < 1.29 is 22.7 Å². The third-order valence-corrected chi connectivity index (χ3v) is 5.61. The second-order valence-electron chi connectivity index (χ2n) is 6.21. The van der Waals surface area contributed by atoms with Gasteiger partial charge in [-0.2, -0.15) is 0 Å². The van der Waals surface area contributed by atoms with Crippen molar-refractivity contribution >= 4 is 38.8 Å². The molecule has 3 aromatic rings. The molecule has 1 atom stereocenters. The van der Waals surface area contributed by atoms with Crippen molar-refractivity contribution in [2.75, 3.05) is 5.32 Å². The zero-order valence-corrected chi connectivity index (χ0v) is 16.2. The van der Waals surface area contributed by atoms with Gasteiger partial charge in [-0.05, 0) is 35.9 Å². The van der Waals surface area contributed by atoms with Gasteiger partial charge in [0, 0.05) is 18.1 Å². The van der Waals surface area contributed by atoms with Crippen molar-refractivity contribution in [1.82, 2.24) is 4.40 Å². The molecule has 1 aromatic carbocycles. The van der Waals surface area contributed by atoms with E-state index >= 15 is 0 Å². The molecule has 0 fully saturated rings. The summed E-state index contributed by atoms with van der Waals surface area (Å²) in [5, 5.41) is 15.4. The van der Waals surface area contributed by atoms with Gasteiger partial charge in [-0.25, -0.2) is 22.7 Å². The highest BCUT2D eigenvalue weighted by Crippen LogP contribution is 2.21. The quantitative estimate of drug-likeness (QED) is 0.538. The molecule has 0 aliphatic carbocycles. The monoisotopic (exact) mass is 439 g/mol. The standard InChI is InChI=1S/C18H15ClFN3O5S/c19-14-3-1-2-10(16(14)20)8-15(29(21,27)28)22-11-4-5-12-6-7-13(18(25)26)17(24)23(12)9-11/h1-7,9,15,22H,8H2,(H,25,26)(H2,21,27,28). The van der Waals surface area contributed by atoms with Crippen LogP contribution in [0, 0.1) is 5.82 Å². The summed E-state index contributed by atoms with van der Waals surface area (Å²) in [7, 11) is -4.18. The maximum atomic E-state index is 14.2.